The third-order valence-electron chi connectivity index (χ3n) is 4.58. The quantitative estimate of drug-likeness (QED) is 0.816. The van der Waals surface area contributed by atoms with Crippen LogP contribution in [-0.4, -0.2) is 37.6 Å². The summed E-state index contributed by atoms with van der Waals surface area (Å²) >= 11 is 0. The average Bonchev–Trinajstić information content (AvgIpc) is 2.77. The molecule has 0 N–H and O–H groups in total. The summed E-state index contributed by atoms with van der Waals surface area (Å²) in [4.78, 5) is 14.4. The number of halogens is 3. The molecule has 1 unspecified atom stereocenters. The van der Waals surface area contributed by atoms with E-state index in [1.165, 1.54) is 19.1 Å². The Labute approximate surface area is 140 Å². The molecule has 1 aliphatic rings. The Morgan fingerprint density at radius 1 is 1.33 bits per heavy atom. The lowest BCUT2D eigenvalue weighted by atomic mass is 9.99. The zero-order chi connectivity index (χ0) is 17.7. The molecule has 0 radical (unpaired) electrons. The summed E-state index contributed by atoms with van der Waals surface area (Å²) in [7, 11) is 1.64. The second-order valence-corrected chi connectivity index (χ2v) is 6.42. The van der Waals surface area contributed by atoms with Gasteiger partial charge in [0.2, 0.25) is 0 Å². The largest absolute Gasteiger partial charge is 0.416 e. The number of hydrogen-bond donors (Lipinski definition) is 0. The first-order valence-electron chi connectivity index (χ1n) is 8.29. The molecule has 0 aromatic heterocycles. The van der Waals surface area contributed by atoms with Crippen LogP contribution >= 0.6 is 0 Å². The lowest BCUT2D eigenvalue weighted by Gasteiger charge is -2.25. The van der Waals surface area contributed by atoms with E-state index in [2.05, 4.69) is 0 Å². The molecule has 1 saturated heterocycles. The summed E-state index contributed by atoms with van der Waals surface area (Å²) in [5.74, 6) is 0.0220. The van der Waals surface area contributed by atoms with Crippen LogP contribution in [-0.2, 0) is 10.9 Å². The molecule has 134 valence electrons. The number of amides is 1. The molecule has 1 aromatic carbocycles. The second-order valence-electron chi connectivity index (χ2n) is 6.42. The predicted octanol–water partition coefficient (Wildman–Crippen LogP) is 4.29. The number of likely N-dealkylation sites (tertiary alicyclic amines) is 1. The Morgan fingerprint density at radius 2 is 2.08 bits per heavy atom. The Bertz CT molecular complexity index is 572. The van der Waals surface area contributed by atoms with Crippen molar-refractivity contribution in [2.75, 3.05) is 26.8 Å². The van der Waals surface area contributed by atoms with Gasteiger partial charge < -0.3 is 9.64 Å². The maximum atomic E-state index is 13.1. The first-order chi connectivity index (χ1) is 11.3. The molecule has 1 aliphatic heterocycles. The molecule has 1 atom stereocenters. The Kier molecular flexibility index (Phi) is 6.27. The van der Waals surface area contributed by atoms with Crippen LogP contribution in [0.2, 0.25) is 0 Å². The third kappa shape index (κ3) is 4.72. The molecule has 1 aromatic rings. The number of methoxy groups -OCH3 is 1. The summed E-state index contributed by atoms with van der Waals surface area (Å²) in [6.07, 6.45) is -0.649. The van der Waals surface area contributed by atoms with Crippen molar-refractivity contribution in [2.45, 2.75) is 38.8 Å². The Morgan fingerprint density at radius 3 is 2.75 bits per heavy atom. The van der Waals surface area contributed by atoms with E-state index in [0.717, 1.165) is 31.7 Å². The first-order valence-corrected chi connectivity index (χ1v) is 8.29. The summed E-state index contributed by atoms with van der Waals surface area (Å²) in [6.45, 7) is 3.22. The topological polar surface area (TPSA) is 29.5 Å². The lowest BCUT2D eigenvalue weighted by molar-refractivity contribution is -0.138. The monoisotopic (exact) mass is 343 g/mol. The van der Waals surface area contributed by atoms with Gasteiger partial charge in [-0.3, -0.25) is 4.79 Å². The number of carbonyl (C=O) groups is 1. The smallest absolute Gasteiger partial charge is 0.385 e. The van der Waals surface area contributed by atoms with Gasteiger partial charge in [-0.2, -0.15) is 13.2 Å². The van der Waals surface area contributed by atoms with Crippen molar-refractivity contribution in [3.8, 4) is 0 Å². The first kappa shape index (κ1) is 18.8. The molecular weight excluding hydrogens is 319 g/mol. The van der Waals surface area contributed by atoms with E-state index in [1.54, 1.807) is 12.0 Å². The SMILES string of the molecule is COCCC1CCCCN(C(=O)c2ccc(C)c(C(F)(F)F)c2)C1. The zero-order valence-electron chi connectivity index (χ0n) is 14.2. The molecule has 24 heavy (non-hydrogen) atoms. The predicted molar refractivity (Wildman–Crippen MR) is 85.9 cm³/mol. The summed E-state index contributed by atoms with van der Waals surface area (Å²) in [6, 6.07) is 3.84. The van der Waals surface area contributed by atoms with Crippen LogP contribution in [0.3, 0.4) is 0 Å². The molecule has 1 amide bonds. The molecule has 0 saturated carbocycles. The fourth-order valence-corrected chi connectivity index (χ4v) is 3.18. The van der Waals surface area contributed by atoms with Gasteiger partial charge in [-0.25, -0.2) is 0 Å². The molecule has 2 rings (SSSR count). The van der Waals surface area contributed by atoms with Crippen LogP contribution in [0.4, 0.5) is 13.2 Å². The van der Waals surface area contributed by atoms with Gasteiger partial charge in [0.05, 0.1) is 5.56 Å². The van der Waals surface area contributed by atoms with E-state index in [9.17, 15) is 18.0 Å². The number of carbonyl (C=O) groups excluding carboxylic acids is 1. The fourth-order valence-electron chi connectivity index (χ4n) is 3.18. The van der Waals surface area contributed by atoms with E-state index >= 15 is 0 Å². The van der Waals surface area contributed by atoms with E-state index in [1.807, 2.05) is 0 Å². The van der Waals surface area contributed by atoms with Gasteiger partial charge in [0, 0.05) is 32.4 Å². The van der Waals surface area contributed by atoms with Crippen molar-refractivity contribution < 1.29 is 22.7 Å². The summed E-state index contributed by atoms with van der Waals surface area (Å²) in [5.41, 5.74) is -0.493. The van der Waals surface area contributed by atoms with Crippen LogP contribution in [0, 0.1) is 12.8 Å². The third-order valence-corrected chi connectivity index (χ3v) is 4.58. The number of aryl methyl sites for hydroxylation is 1. The molecule has 1 heterocycles. The lowest BCUT2D eigenvalue weighted by Crippen LogP contribution is -2.35. The van der Waals surface area contributed by atoms with Gasteiger partial charge in [-0.1, -0.05) is 12.5 Å². The number of rotatable bonds is 4. The Balaban J connectivity index is 2.17. The highest BCUT2D eigenvalue weighted by molar-refractivity contribution is 5.94. The normalized spacial score (nSPS) is 19.2. The fraction of sp³-hybridized carbons (Fsp3) is 0.611. The van der Waals surface area contributed by atoms with Crippen LogP contribution in [0.25, 0.3) is 0 Å². The minimum atomic E-state index is -4.44. The highest BCUT2D eigenvalue weighted by Crippen LogP contribution is 2.32. The number of benzene rings is 1. The van der Waals surface area contributed by atoms with Gasteiger partial charge in [-0.15, -0.1) is 0 Å². The molecule has 6 heteroatoms. The van der Waals surface area contributed by atoms with Gasteiger partial charge in [0.1, 0.15) is 0 Å². The van der Waals surface area contributed by atoms with E-state index in [4.69, 9.17) is 4.74 Å². The maximum Gasteiger partial charge on any atom is 0.416 e. The van der Waals surface area contributed by atoms with Crippen molar-refractivity contribution in [1.82, 2.24) is 4.90 Å². The van der Waals surface area contributed by atoms with Crippen molar-refractivity contribution in [1.29, 1.82) is 0 Å². The minimum absolute atomic E-state index is 0.111. The van der Waals surface area contributed by atoms with Crippen LogP contribution in [0.15, 0.2) is 18.2 Å². The molecular formula is C18H24F3NO2. The highest BCUT2D eigenvalue weighted by atomic mass is 19.4. The average molecular weight is 343 g/mol. The highest BCUT2D eigenvalue weighted by Gasteiger charge is 2.33. The Hall–Kier alpha value is -1.56. The molecule has 1 fully saturated rings. The number of alkyl halides is 3. The van der Waals surface area contributed by atoms with Gasteiger partial charge >= 0.3 is 6.18 Å². The summed E-state index contributed by atoms with van der Waals surface area (Å²) < 4.78 is 44.3. The van der Waals surface area contributed by atoms with Gasteiger partial charge in [0.25, 0.3) is 5.91 Å². The van der Waals surface area contributed by atoms with Crippen molar-refractivity contribution in [2.24, 2.45) is 5.92 Å². The molecule has 3 nitrogen and oxygen atoms in total. The van der Waals surface area contributed by atoms with Crippen LogP contribution in [0.1, 0.15) is 47.2 Å². The van der Waals surface area contributed by atoms with Crippen LogP contribution in [0.5, 0.6) is 0 Å². The van der Waals surface area contributed by atoms with Crippen molar-refractivity contribution >= 4 is 5.91 Å². The number of nitrogens with zero attached hydrogens (tertiary/aromatic N) is 1. The minimum Gasteiger partial charge on any atom is -0.385 e. The maximum absolute atomic E-state index is 13.1. The van der Waals surface area contributed by atoms with E-state index < -0.39 is 11.7 Å². The zero-order valence-corrected chi connectivity index (χ0v) is 14.2. The number of hydrogen-bond acceptors (Lipinski definition) is 2. The van der Waals surface area contributed by atoms with Gasteiger partial charge in [0.15, 0.2) is 0 Å². The van der Waals surface area contributed by atoms with E-state index in [-0.39, 0.29) is 17.0 Å². The van der Waals surface area contributed by atoms with Gasteiger partial charge in [-0.05, 0) is 49.8 Å². The number of ether oxygens (including phenoxy) is 1. The second kappa shape index (κ2) is 8.01. The van der Waals surface area contributed by atoms with Crippen molar-refractivity contribution in [3.63, 3.8) is 0 Å². The molecule has 0 spiro atoms. The molecule has 0 aliphatic carbocycles. The standard InChI is InChI=1S/C18H24F3NO2/c1-13-6-7-15(11-16(13)18(19,20)21)17(23)22-9-4-3-5-14(12-22)8-10-24-2/h6-7,11,14H,3-5,8-10,12H2,1-2H3. The van der Waals surface area contributed by atoms with E-state index in [0.29, 0.717) is 25.6 Å². The molecule has 0 bridgehead atoms. The van der Waals surface area contributed by atoms with Crippen molar-refractivity contribution in [3.05, 3.63) is 34.9 Å². The summed E-state index contributed by atoms with van der Waals surface area (Å²) in [5, 5.41) is 0. The van der Waals surface area contributed by atoms with Crippen LogP contribution < -0.4 is 0 Å².